The number of carbonyl (C=O) groups excluding carboxylic acids is 2. The highest BCUT2D eigenvalue weighted by Gasteiger charge is 2.22. The third-order valence-corrected chi connectivity index (χ3v) is 7.06. The van der Waals surface area contributed by atoms with Crippen molar-refractivity contribution in [1.82, 2.24) is 10.2 Å². The minimum atomic E-state index is -0.432. The van der Waals surface area contributed by atoms with Crippen LogP contribution in [0.15, 0.2) is 66.7 Å². The molecule has 9 nitrogen and oxygen atoms in total. The molecule has 2 aliphatic rings. The average Bonchev–Trinajstić information content (AvgIpc) is 2.97. The number of morpholine rings is 1. The van der Waals surface area contributed by atoms with Crippen LogP contribution in [0, 0.1) is 11.3 Å². The van der Waals surface area contributed by atoms with Gasteiger partial charge < -0.3 is 25.6 Å². The van der Waals surface area contributed by atoms with Crippen molar-refractivity contribution in [2.75, 3.05) is 61.5 Å². The molecule has 0 saturated carbocycles. The number of fused-ring (bicyclic) bond motifs is 1. The van der Waals surface area contributed by atoms with Gasteiger partial charge in [-0.2, -0.15) is 5.26 Å². The van der Waals surface area contributed by atoms with E-state index in [2.05, 4.69) is 50.0 Å². The first kappa shape index (κ1) is 26.2. The number of nitrogens with zero attached hydrogens (tertiary/aromatic N) is 3. The number of hydrogen-bond donors (Lipinski definition) is 3. The lowest BCUT2D eigenvalue weighted by molar-refractivity contribution is 0.0383. The maximum Gasteiger partial charge on any atom is 0.323 e. The van der Waals surface area contributed by atoms with E-state index in [0.29, 0.717) is 42.3 Å². The fourth-order valence-electron chi connectivity index (χ4n) is 4.94. The molecule has 0 radical (unpaired) electrons. The van der Waals surface area contributed by atoms with Crippen LogP contribution in [-0.4, -0.2) is 62.8 Å². The summed E-state index contributed by atoms with van der Waals surface area (Å²) in [5, 5.41) is 17.6. The number of rotatable bonds is 7. The number of amides is 3. The number of ether oxygens (including phenoxy) is 1. The summed E-state index contributed by atoms with van der Waals surface area (Å²) in [6.45, 7) is 5.96. The maximum absolute atomic E-state index is 13.4. The predicted molar refractivity (Wildman–Crippen MR) is 151 cm³/mol. The number of benzene rings is 3. The number of anilines is 3. The quantitative estimate of drug-likeness (QED) is 0.434. The molecular formula is C30H32N6O3. The summed E-state index contributed by atoms with van der Waals surface area (Å²) in [6, 6.07) is 22.1. The van der Waals surface area contributed by atoms with Crippen LogP contribution in [0.1, 0.15) is 27.0 Å². The van der Waals surface area contributed by atoms with E-state index in [1.165, 1.54) is 11.1 Å². The van der Waals surface area contributed by atoms with Crippen LogP contribution in [-0.2, 0) is 17.7 Å². The number of nitriles is 1. The van der Waals surface area contributed by atoms with Crippen molar-refractivity contribution in [1.29, 1.82) is 5.26 Å². The summed E-state index contributed by atoms with van der Waals surface area (Å²) in [5.41, 5.74) is 5.55. The van der Waals surface area contributed by atoms with Crippen LogP contribution in [0.5, 0.6) is 0 Å². The normalized spacial score (nSPS) is 15.1. The molecular weight excluding hydrogens is 492 g/mol. The van der Waals surface area contributed by atoms with Crippen molar-refractivity contribution >= 4 is 29.0 Å². The van der Waals surface area contributed by atoms with Crippen LogP contribution in [0.3, 0.4) is 0 Å². The molecule has 0 atom stereocenters. The fraction of sp³-hybridized carbons (Fsp3) is 0.300. The second kappa shape index (κ2) is 12.4. The molecule has 3 aromatic rings. The van der Waals surface area contributed by atoms with Crippen molar-refractivity contribution in [3.8, 4) is 6.07 Å². The Morgan fingerprint density at radius 2 is 1.62 bits per heavy atom. The minimum absolute atomic E-state index is 0.173. The average molecular weight is 525 g/mol. The molecule has 0 spiro atoms. The van der Waals surface area contributed by atoms with E-state index in [0.717, 1.165) is 44.8 Å². The molecule has 1 fully saturated rings. The Balaban J connectivity index is 1.31. The third-order valence-electron chi connectivity index (χ3n) is 7.06. The highest BCUT2D eigenvalue weighted by molar-refractivity contribution is 6.04. The zero-order chi connectivity index (χ0) is 27.0. The maximum atomic E-state index is 13.4. The Bertz CT molecular complexity index is 1360. The molecule has 200 valence electrons. The first-order valence-corrected chi connectivity index (χ1v) is 13.2. The van der Waals surface area contributed by atoms with Gasteiger partial charge in [-0.1, -0.05) is 24.3 Å². The molecule has 0 bridgehead atoms. The second-order valence-corrected chi connectivity index (χ2v) is 9.65. The van der Waals surface area contributed by atoms with Crippen LogP contribution < -0.4 is 20.9 Å². The van der Waals surface area contributed by atoms with Gasteiger partial charge >= 0.3 is 6.03 Å². The third kappa shape index (κ3) is 6.74. The number of hydrogen-bond acceptors (Lipinski definition) is 6. The van der Waals surface area contributed by atoms with Crippen LogP contribution >= 0.6 is 0 Å². The summed E-state index contributed by atoms with van der Waals surface area (Å²) in [5.74, 6) is -0.173. The van der Waals surface area contributed by atoms with Crippen molar-refractivity contribution in [2.45, 2.75) is 13.0 Å². The van der Waals surface area contributed by atoms with Crippen molar-refractivity contribution in [3.63, 3.8) is 0 Å². The molecule has 0 aromatic heterocycles. The Morgan fingerprint density at radius 1 is 0.897 bits per heavy atom. The van der Waals surface area contributed by atoms with Crippen molar-refractivity contribution < 1.29 is 14.3 Å². The Kier molecular flexibility index (Phi) is 8.36. The van der Waals surface area contributed by atoms with Gasteiger partial charge in [-0.15, -0.1) is 0 Å². The Labute approximate surface area is 228 Å². The SMILES string of the molecule is N#Cc1ccc(NC(=O)Nc2ccc(N3CCc4ccccc4C3)c(C(=O)NCCN3CCOCC3)c2)cc1. The van der Waals surface area contributed by atoms with Gasteiger partial charge in [-0.3, -0.25) is 9.69 Å². The number of nitrogens with one attached hydrogen (secondary N) is 3. The molecule has 5 rings (SSSR count). The van der Waals surface area contributed by atoms with Gasteiger partial charge in [0.15, 0.2) is 0 Å². The van der Waals surface area contributed by atoms with Crippen LogP contribution in [0.2, 0.25) is 0 Å². The lowest BCUT2D eigenvalue weighted by atomic mass is 9.98. The first-order valence-electron chi connectivity index (χ1n) is 13.2. The van der Waals surface area contributed by atoms with E-state index in [4.69, 9.17) is 10.00 Å². The van der Waals surface area contributed by atoms with E-state index in [9.17, 15) is 9.59 Å². The summed E-state index contributed by atoms with van der Waals surface area (Å²) >= 11 is 0. The molecule has 3 amide bonds. The molecule has 1 saturated heterocycles. The predicted octanol–water partition coefficient (Wildman–Crippen LogP) is 3.83. The first-order chi connectivity index (χ1) is 19.1. The van der Waals surface area contributed by atoms with E-state index in [1.54, 1.807) is 30.3 Å². The van der Waals surface area contributed by atoms with Crippen LogP contribution in [0.25, 0.3) is 0 Å². The highest BCUT2D eigenvalue weighted by atomic mass is 16.5. The molecule has 3 aromatic carbocycles. The number of carbonyl (C=O) groups is 2. The lowest BCUT2D eigenvalue weighted by Crippen LogP contribution is -2.41. The van der Waals surface area contributed by atoms with Gasteiger partial charge in [0.2, 0.25) is 0 Å². The van der Waals surface area contributed by atoms with Crippen LogP contribution in [0.4, 0.5) is 21.9 Å². The van der Waals surface area contributed by atoms with Gasteiger partial charge in [-0.25, -0.2) is 4.79 Å². The monoisotopic (exact) mass is 524 g/mol. The van der Waals surface area contributed by atoms with E-state index >= 15 is 0 Å². The molecule has 2 aliphatic heterocycles. The summed E-state index contributed by atoms with van der Waals surface area (Å²) in [7, 11) is 0. The fourth-order valence-corrected chi connectivity index (χ4v) is 4.94. The standard InChI is InChI=1S/C30H32N6O3/c31-20-22-5-7-25(8-6-22)33-30(38)34-26-9-10-28(36-13-11-23-3-1-2-4-24(23)21-36)27(19-26)29(37)32-12-14-35-15-17-39-18-16-35/h1-10,19H,11-18,21H2,(H,32,37)(H2,33,34,38). The second-order valence-electron chi connectivity index (χ2n) is 9.65. The van der Waals surface area contributed by atoms with Crippen molar-refractivity contribution in [3.05, 3.63) is 89.0 Å². The summed E-state index contributed by atoms with van der Waals surface area (Å²) in [4.78, 5) is 30.6. The van der Waals surface area contributed by atoms with Gasteiger partial charge in [0.25, 0.3) is 5.91 Å². The van der Waals surface area contributed by atoms with E-state index in [1.807, 2.05) is 18.2 Å². The molecule has 0 unspecified atom stereocenters. The van der Waals surface area contributed by atoms with Crippen molar-refractivity contribution in [2.24, 2.45) is 0 Å². The molecule has 2 heterocycles. The topological polar surface area (TPSA) is 110 Å². The van der Waals surface area contributed by atoms with Gasteiger partial charge in [-0.05, 0) is 60.0 Å². The molecule has 0 aliphatic carbocycles. The smallest absolute Gasteiger partial charge is 0.323 e. The summed E-state index contributed by atoms with van der Waals surface area (Å²) in [6.07, 6.45) is 0.904. The number of urea groups is 1. The molecule has 3 N–H and O–H groups in total. The zero-order valence-corrected chi connectivity index (χ0v) is 21.8. The van der Waals surface area contributed by atoms with Gasteiger partial charge in [0.05, 0.1) is 30.4 Å². The zero-order valence-electron chi connectivity index (χ0n) is 21.8. The Hall–Kier alpha value is -4.39. The molecule has 39 heavy (non-hydrogen) atoms. The minimum Gasteiger partial charge on any atom is -0.379 e. The highest BCUT2D eigenvalue weighted by Crippen LogP contribution is 2.29. The van der Waals surface area contributed by atoms with Gasteiger partial charge in [0.1, 0.15) is 0 Å². The summed E-state index contributed by atoms with van der Waals surface area (Å²) < 4.78 is 5.41. The Morgan fingerprint density at radius 3 is 2.38 bits per heavy atom. The van der Waals surface area contributed by atoms with Gasteiger partial charge in [0, 0.05) is 56.3 Å². The largest absolute Gasteiger partial charge is 0.379 e. The lowest BCUT2D eigenvalue weighted by Gasteiger charge is -2.32. The van der Waals surface area contributed by atoms with E-state index < -0.39 is 6.03 Å². The molecule has 9 heteroatoms. The van der Waals surface area contributed by atoms with E-state index in [-0.39, 0.29) is 5.91 Å².